The Balaban J connectivity index is 1.86. The molecule has 3 aromatic carbocycles. The molecular weight excluding hydrogens is 378 g/mol. The molecule has 0 unspecified atom stereocenters. The second-order valence-electron chi connectivity index (χ2n) is 6.86. The second kappa shape index (κ2) is 6.97. The van der Waals surface area contributed by atoms with Gasteiger partial charge in [-0.25, -0.2) is 4.99 Å². The Morgan fingerprint density at radius 1 is 0.833 bits per heavy atom. The molecule has 4 aromatic rings. The predicted molar refractivity (Wildman–Crippen MR) is 110 cm³/mol. The van der Waals surface area contributed by atoms with Crippen LogP contribution in [-0.2, 0) is 4.79 Å². The van der Waals surface area contributed by atoms with Gasteiger partial charge in [-0.2, -0.15) is 0 Å². The van der Waals surface area contributed by atoms with Crippen LogP contribution in [0.5, 0.6) is 5.95 Å². The summed E-state index contributed by atoms with van der Waals surface area (Å²) in [6, 6.07) is 24.7. The monoisotopic (exact) mass is 393 g/mol. The highest BCUT2D eigenvalue weighted by Gasteiger charge is 2.33. The molecule has 5 nitrogen and oxygen atoms in total. The Kier molecular flexibility index (Phi) is 4.14. The van der Waals surface area contributed by atoms with E-state index in [2.05, 4.69) is 4.99 Å². The topological polar surface area (TPSA) is 79.9 Å². The van der Waals surface area contributed by atoms with Crippen molar-refractivity contribution in [2.45, 2.75) is 0 Å². The van der Waals surface area contributed by atoms with E-state index < -0.39 is 11.9 Å². The number of aromatic hydroxyl groups is 1. The average molecular weight is 393 g/mol. The number of carbonyl (C=O) groups is 2. The molecule has 0 saturated carbocycles. The molecule has 0 atom stereocenters. The number of para-hydroxylation sites is 1. The lowest BCUT2D eigenvalue weighted by Gasteiger charge is -2.06. The summed E-state index contributed by atoms with van der Waals surface area (Å²) in [6.45, 7) is 0. The fraction of sp³-hybridized carbons (Fsp3) is 0. The lowest BCUT2D eigenvalue weighted by atomic mass is 9.92. The van der Waals surface area contributed by atoms with Gasteiger partial charge in [0.2, 0.25) is 0 Å². The molecule has 0 aliphatic carbocycles. The van der Waals surface area contributed by atoms with Crippen molar-refractivity contribution in [3.63, 3.8) is 0 Å². The molecule has 30 heavy (non-hydrogen) atoms. The van der Waals surface area contributed by atoms with Crippen LogP contribution in [0.2, 0.25) is 0 Å². The normalized spacial score (nSPS) is 12.5. The third-order valence-electron chi connectivity index (χ3n) is 5.05. The van der Waals surface area contributed by atoms with Crippen LogP contribution in [-0.4, -0.2) is 16.8 Å². The third kappa shape index (κ3) is 2.76. The Morgan fingerprint density at radius 3 is 2.20 bits per heavy atom. The highest BCUT2D eigenvalue weighted by Crippen LogP contribution is 2.40. The molecule has 144 valence electrons. The van der Waals surface area contributed by atoms with Gasteiger partial charge in [0.1, 0.15) is 5.76 Å². The van der Waals surface area contributed by atoms with Crippen molar-refractivity contribution >= 4 is 17.3 Å². The van der Waals surface area contributed by atoms with E-state index in [9.17, 15) is 14.7 Å². The first-order valence-corrected chi connectivity index (χ1v) is 9.39. The van der Waals surface area contributed by atoms with Crippen molar-refractivity contribution in [2.24, 2.45) is 4.99 Å². The summed E-state index contributed by atoms with van der Waals surface area (Å²) in [5, 5.41) is 11.8. The molecule has 1 amide bonds. The molecular formula is C25H15NO4. The van der Waals surface area contributed by atoms with Gasteiger partial charge in [0.25, 0.3) is 11.9 Å². The van der Waals surface area contributed by atoms with Gasteiger partial charge in [-0.05, 0) is 6.07 Å². The van der Waals surface area contributed by atoms with E-state index in [-0.39, 0.29) is 28.2 Å². The first-order chi connectivity index (χ1) is 14.6. The van der Waals surface area contributed by atoms with Crippen molar-refractivity contribution in [2.75, 3.05) is 0 Å². The van der Waals surface area contributed by atoms with E-state index >= 15 is 0 Å². The second-order valence-corrected chi connectivity index (χ2v) is 6.86. The quantitative estimate of drug-likeness (QED) is 0.540. The Hall–Kier alpha value is -4.25. The minimum Gasteiger partial charge on any atom is -0.480 e. The van der Waals surface area contributed by atoms with E-state index in [0.717, 1.165) is 0 Å². The summed E-state index contributed by atoms with van der Waals surface area (Å²) in [5.74, 6) is -1.14. The maximum Gasteiger partial charge on any atom is 0.291 e. The van der Waals surface area contributed by atoms with Gasteiger partial charge in [-0.1, -0.05) is 78.9 Å². The molecule has 0 radical (unpaired) electrons. The van der Waals surface area contributed by atoms with Gasteiger partial charge in [-0.3, -0.25) is 9.59 Å². The Morgan fingerprint density at radius 2 is 1.47 bits per heavy atom. The van der Waals surface area contributed by atoms with Crippen molar-refractivity contribution in [1.82, 2.24) is 0 Å². The van der Waals surface area contributed by atoms with E-state index in [0.29, 0.717) is 21.7 Å². The number of furan rings is 1. The third-order valence-corrected chi connectivity index (χ3v) is 5.05. The SMILES string of the molecule is O=C1N=c2ccccc2=C1c1c(O)oc(-c2ccccc2)c1C(=O)c1ccccc1. The standard InChI is InChI=1S/C25H15NO4/c27-22(15-9-3-1-4-10-15)21-20(19-17-13-7-8-14-18(17)26-24(19)28)25(29)30-23(21)16-11-5-2-6-12-16/h1-14,29H. The van der Waals surface area contributed by atoms with Gasteiger partial charge in [-0.15, -0.1) is 0 Å². The molecule has 0 fully saturated rings. The zero-order valence-corrected chi connectivity index (χ0v) is 15.7. The zero-order chi connectivity index (χ0) is 20.7. The fourth-order valence-corrected chi connectivity index (χ4v) is 3.70. The van der Waals surface area contributed by atoms with E-state index in [4.69, 9.17) is 4.42 Å². The van der Waals surface area contributed by atoms with Crippen molar-refractivity contribution in [1.29, 1.82) is 0 Å². The molecule has 1 aliphatic rings. The molecule has 1 aliphatic heterocycles. The van der Waals surface area contributed by atoms with E-state index in [1.807, 2.05) is 24.3 Å². The number of rotatable bonds is 4. The number of amides is 1. The molecule has 0 bridgehead atoms. The fourth-order valence-electron chi connectivity index (χ4n) is 3.70. The molecule has 1 aromatic heterocycles. The summed E-state index contributed by atoms with van der Waals surface area (Å²) in [4.78, 5) is 30.4. The minimum atomic E-state index is -0.519. The van der Waals surface area contributed by atoms with Crippen LogP contribution in [0.15, 0.2) is 94.3 Å². The zero-order valence-electron chi connectivity index (χ0n) is 15.7. The molecule has 0 spiro atoms. The summed E-state index contributed by atoms with van der Waals surface area (Å²) in [5.41, 5.74) is 1.41. The number of hydrogen-bond acceptors (Lipinski definition) is 4. The number of nitrogens with zero attached hydrogens (tertiary/aromatic N) is 1. The predicted octanol–water partition coefficient (Wildman–Crippen LogP) is 3.24. The first-order valence-electron chi connectivity index (χ1n) is 9.39. The number of ketones is 1. The Labute approximate surface area is 171 Å². The number of benzene rings is 3. The number of carbonyl (C=O) groups excluding carboxylic acids is 2. The van der Waals surface area contributed by atoms with E-state index in [1.54, 1.807) is 60.7 Å². The summed E-state index contributed by atoms with van der Waals surface area (Å²) in [7, 11) is 0. The molecule has 2 heterocycles. The average Bonchev–Trinajstić information content (AvgIpc) is 3.29. The highest BCUT2D eigenvalue weighted by molar-refractivity contribution is 6.26. The largest absolute Gasteiger partial charge is 0.480 e. The molecule has 0 saturated heterocycles. The van der Waals surface area contributed by atoms with Crippen molar-refractivity contribution in [3.8, 4) is 17.3 Å². The minimum absolute atomic E-state index is 0.0707. The summed E-state index contributed by atoms with van der Waals surface area (Å²) < 4.78 is 5.67. The Bertz CT molecular complexity index is 1420. The molecule has 5 rings (SSSR count). The van der Waals surface area contributed by atoms with Crippen LogP contribution in [0, 0.1) is 0 Å². The highest BCUT2D eigenvalue weighted by atomic mass is 16.5. The van der Waals surface area contributed by atoms with Crippen LogP contribution in [0.4, 0.5) is 0 Å². The molecule has 5 heteroatoms. The maximum atomic E-state index is 13.5. The van der Waals surface area contributed by atoms with E-state index in [1.165, 1.54) is 0 Å². The van der Waals surface area contributed by atoms with Crippen LogP contribution < -0.4 is 10.6 Å². The number of hydrogen-bond donors (Lipinski definition) is 1. The van der Waals surface area contributed by atoms with Crippen LogP contribution in [0.3, 0.4) is 0 Å². The van der Waals surface area contributed by atoms with Crippen LogP contribution in [0.1, 0.15) is 21.5 Å². The lowest BCUT2D eigenvalue weighted by Crippen LogP contribution is -2.23. The van der Waals surface area contributed by atoms with Crippen LogP contribution >= 0.6 is 0 Å². The van der Waals surface area contributed by atoms with Gasteiger partial charge in [0, 0.05) is 16.3 Å². The smallest absolute Gasteiger partial charge is 0.291 e. The van der Waals surface area contributed by atoms with Crippen LogP contribution in [0.25, 0.3) is 16.9 Å². The molecule has 1 N–H and O–H groups in total. The van der Waals surface area contributed by atoms with Gasteiger partial charge in [0.05, 0.1) is 22.1 Å². The number of fused-ring (bicyclic) bond motifs is 1. The maximum absolute atomic E-state index is 13.5. The summed E-state index contributed by atoms with van der Waals surface area (Å²) in [6.07, 6.45) is 0. The van der Waals surface area contributed by atoms with Gasteiger partial charge >= 0.3 is 0 Å². The van der Waals surface area contributed by atoms with Gasteiger partial charge < -0.3 is 9.52 Å². The lowest BCUT2D eigenvalue weighted by molar-refractivity contribution is -0.112. The first kappa shape index (κ1) is 17.8. The van der Waals surface area contributed by atoms with Crippen molar-refractivity contribution < 1.29 is 19.1 Å². The van der Waals surface area contributed by atoms with Crippen molar-refractivity contribution in [3.05, 3.63) is 112 Å². The summed E-state index contributed by atoms with van der Waals surface area (Å²) >= 11 is 0. The van der Waals surface area contributed by atoms with Gasteiger partial charge in [0.15, 0.2) is 5.78 Å².